The SMILES string of the molecule is C=CCN1CCN(C(CC2CC2)c2ccc([C@H](C)Nc3cc4c(cn3)COC(=O)N4C)cc2)CC1. The molecule has 7 heteroatoms. The van der Waals surface area contributed by atoms with Gasteiger partial charge < -0.3 is 10.1 Å². The maximum absolute atomic E-state index is 11.9. The Hall–Kier alpha value is -2.90. The zero-order valence-electron chi connectivity index (χ0n) is 20.9. The number of carbonyl (C=O) groups excluding carboxylic acids is 1. The normalized spacial score (nSPS) is 20.6. The van der Waals surface area contributed by atoms with Crippen LogP contribution in [-0.2, 0) is 11.3 Å². The summed E-state index contributed by atoms with van der Waals surface area (Å²) < 4.78 is 5.14. The van der Waals surface area contributed by atoms with Gasteiger partial charge in [-0.1, -0.05) is 43.2 Å². The lowest BCUT2D eigenvalue weighted by atomic mass is 9.96. The number of amides is 1. The maximum Gasteiger partial charge on any atom is 0.414 e. The molecule has 186 valence electrons. The number of benzene rings is 1. The van der Waals surface area contributed by atoms with Crippen LogP contribution in [0.3, 0.4) is 0 Å². The van der Waals surface area contributed by atoms with Gasteiger partial charge in [-0.2, -0.15) is 0 Å². The molecule has 0 bridgehead atoms. The average Bonchev–Trinajstić information content (AvgIpc) is 3.70. The first-order chi connectivity index (χ1) is 17.0. The molecule has 5 rings (SSSR count). The molecule has 3 heterocycles. The summed E-state index contributed by atoms with van der Waals surface area (Å²) in [6.07, 6.45) is 7.49. The quantitative estimate of drug-likeness (QED) is 0.516. The number of nitrogens with one attached hydrogen (secondary N) is 1. The van der Waals surface area contributed by atoms with E-state index >= 15 is 0 Å². The minimum atomic E-state index is -0.332. The molecular weight excluding hydrogens is 438 g/mol. The maximum atomic E-state index is 11.9. The number of piperazine rings is 1. The van der Waals surface area contributed by atoms with Crippen molar-refractivity contribution in [3.8, 4) is 0 Å². The second kappa shape index (κ2) is 10.4. The average molecular weight is 476 g/mol. The largest absolute Gasteiger partial charge is 0.444 e. The van der Waals surface area contributed by atoms with Gasteiger partial charge in [0.2, 0.25) is 0 Å². The third-order valence-electron chi connectivity index (χ3n) is 7.62. The third kappa shape index (κ3) is 5.52. The molecule has 2 aromatic rings. The molecule has 0 radical (unpaired) electrons. The first-order valence-corrected chi connectivity index (χ1v) is 12.8. The van der Waals surface area contributed by atoms with Crippen LogP contribution < -0.4 is 10.2 Å². The van der Waals surface area contributed by atoms with Gasteiger partial charge in [-0.15, -0.1) is 6.58 Å². The van der Waals surface area contributed by atoms with Gasteiger partial charge in [0, 0.05) is 69.7 Å². The van der Waals surface area contributed by atoms with E-state index in [1.165, 1.54) is 35.3 Å². The van der Waals surface area contributed by atoms with Crippen molar-refractivity contribution < 1.29 is 9.53 Å². The highest BCUT2D eigenvalue weighted by Gasteiger charge is 2.31. The van der Waals surface area contributed by atoms with Crippen LogP contribution >= 0.6 is 0 Å². The summed E-state index contributed by atoms with van der Waals surface area (Å²) in [5.41, 5.74) is 4.41. The molecular formula is C28H37N5O2. The van der Waals surface area contributed by atoms with Crippen molar-refractivity contribution in [2.75, 3.05) is 50.0 Å². The first-order valence-electron chi connectivity index (χ1n) is 12.8. The topological polar surface area (TPSA) is 60.9 Å². The van der Waals surface area contributed by atoms with Crippen molar-refractivity contribution in [3.05, 3.63) is 65.9 Å². The molecule has 7 nitrogen and oxygen atoms in total. The number of carbonyl (C=O) groups is 1. The molecule has 1 N–H and O–H groups in total. The molecule has 1 aromatic heterocycles. The molecule has 1 amide bonds. The van der Waals surface area contributed by atoms with Gasteiger partial charge in [-0.05, 0) is 30.4 Å². The van der Waals surface area contributed by atoms with Crippen LogP contribution in [0.5, 0.6) is 0 Å². The minimum absolute atomic E-state index is 0.0970. The van der Waals surface area contributed by atoms with Crippen LogP contribution in [0.4, 0.5) is 16.3 Å². The summed E-state index contributed by atoms with van der Waals surface area (Å²) in [7, 11) is 1.73. The van der Waals surface area contributed by atoms with Crippen LogP contribution in [0.1, 0.15) is 55.0 Å². The number of nitrogens with zero attached hydrogens (tertiary/aromatic N) is 4. The summed E-state index contributed by atoms with van der Waals surface area (Å²) in [6, 6.07) is 11.7. The van der Waals surface area contributed by atoms with E-state index in [1.54, 1.807) is 13.2 Å². The van der Waals surface area contributed by atoms with E-state index in [2.05, 4.69) is 57.9 Å². The van der Waals surface area contributed by atoms with E-state index in [-0.39, 0.29) is 18.7 Å². The summed E-state index contributed by atoms with van der Waals surface area (Å²) in [6.45, 7) is 11.8. The van der Waals surface area contributed by atoms with Crippen LogP contribution in [0.15, 0.2) is 49.2 Å². The summed E-state index contributed by atoms with van der Waals surface area (Å²) >= 11 is 0. The van der Waals surface area contributed by atoms with E-state index in [0.29, 0.717) is 6.04 Å². The molecule has 1 aromatic carbocycles. The lowest BCUT2D eigenvalue weighted by Crippen LogP contribution is -2.47. The molecule has 2 fully saturated rings. The molecule has 0 spiro atoms. The van der Waals surface area contributed by atoms with E-state index < -0.39 is 0 Å². The number of rotatable bonds is 9. The minimum Gasteiger partial charge on any atom is -0.444 e. The van der Waals surface area contributed by atoms with Crippen LogP contribution in [-0.4, -0.2) is 60.6 Å². The number of fused-ring (bicyclic) bond motifs is 1. The van der Waals surface area contributed by atoms with Gasteiger partial charge in [0.05, 0.1) is 5.69 Å². The van der Waals surface area contributed by atoms with Crippen molar-refractivity contribution in [3.63, 3.8) is 0 Å². The Morgan fingerprint density at radius 3 is 2.57 bits per heavy atom. The van der Waals surface area contributed by atoms with Gasteiger partial charge in [0.25, 0.3) is 0 Å². The van der Waals surface area contributed by atoms with Gasteiger partial charge in [-0.25, -0.2) is 9.78 Å². The highest BCUT2D eigenvalue weighted by Crippen LogP contribution is 2.40. The molecule has 2 aliphatic heterocycles. The smallest absolute Gasteiger partial charge is 0.414 e. The van der Waals surface area contributed by atoms with E-state index in [4.69, 9.17) is 4.74 Å². The summed E-state index contributed by atoms with van der Waals surface area (Å²) in [4.78, 5) is 23.1. The monoisotopic (exact) mass is 475 g/mol. The fourth-order valence-corrected chi connectivity index (χ4v) is 5.23. The van der Waals surface area contributed by atoms with E-state index in [9.17, 15) is 4.79 Å². The van der Waals surface area contributed by atoms with E-state index in [0.717, 1.165) is 55.7 Å². The zero-order valence-corrected chi connectivity index (χ0v) is 20.9. The van der Waals surface area contributed by atoms with Gasteiger partial charge >= 0.3 is 6.09 Å². The number of pyridine rings is 1. The number of aromatic nitrogens is 1. The van der Waals surface area contributed by atoms with Crippen molar-refractivity contribution in [2.45, 2.75) is 44.9 Å². The highest BCUT2D eigenvalue weighted by atomic mass is 16.6. The van der Waals surface area contributed by atoms with Crippen LogP contribution in [0.2, 0.25) is 0 Å². The van der Waals surface area contributed by atoms with Crippen LogP contribution in [0, 0.1) is 5.92 Å². The lowest BCUT2D eigenvalue weighted by Gasteiger charge is -2.39. The molecule has 2 atom stereocenters. The second-order valence-corrected chi connectivity index (χ2v) is 10.2. The Bertz CT molecular complexity index is 1040. The highest BCUT2D eigenvalue weighted by molar-refractivity contribution is 5.90. The van der Waals surface area contributed by atoms with Crippen molar-refractivity contribution in [2.24, 2.45) is 5.92 Å². The fourth-order valence-electron chi connectivity index (χ4n) is 5.23. The van der Waals surface area contributed by atoms with Gasteiger partial charge in [0.15, 0.2) is 0 Å². The standard InChI is InChI=1S/C28H37N5O2/c1-4-11-32-12-14-33(15-13-32)26(16-21-5-6-21)23-9-7-22(8-10-23)20(2)30-27-17-25-24(18-29-27)19-35-28(34)31(25)3/h4,7-10,17-18,20-21,26H,1,5-6,11-16,19H2,2-3H3,(H,29,30)/t20-,26?/m0/s1. The summed E-state index contributed by atoms with van der Waals surface area (Å²) in [5, 5.41) is 3.50. The first kappa shape index (κ1) is 23.8. The second-order valence-electron chi connectivity index (χ2n) is 10.2. The van der Waals surface area contributed by atoms with Crippen LogP contribution in [0.25, 0.3) is 0 Å². The fraction of sp³-hybridized carbons (Fsp3) is 0.500. The predicted octanol–water partition coefficient (Wildman–Crippen LogP) is 4.99. The molecule has 1 saturated carbocycles. The number of anilines is 2. The lowest BCUT2D eigenvalue weighted by molar-refractivity contribution is 0.0959. The Balaban J connectivity index is 1.26. The number of cyclic esters (lactones) is 1. The third-order valence-corrected chi connectivity index (χ3v) is 7.62. The Labute approximate surface area is 208 Å². The summed E-state index contributed by atoms with van der Waals surface area (Å²) in [5.74, 6) is 1.64. The molecule has 1 aliphatic carbocycles. The predicted molar refractivity (Wildman–Crippen MR) is 140 cm³/mol. The van der Waals surface area contributed by atoms with Crippen molar-refractivity contribution in [1.29, 1.82) is 0 Å². The molecule has 1 saturated heterocycles. The van der Waals surface area contributed by atoms with Crippen molar-refractivity contribution in [1.82, 2.24) is 14.8 Å². The number of hydrogen-bond donors (Lipinski definition) is 1. The molecule has 3 aliphatic rings. The van der Waals surface area contributed by atoms with Gasteiger partial charge in [0.1, 0.15) is 12.4 Å². The molecule has 1 unspecified atom stereocenters. The Kier molecular flexibility index (Phi) is 7.07. The van der Waals surface area contributed by atoms with Crippen molar-refractivity contribution >= 4 is 17.6 Å². The number of hydrogen-bond acceptors (Lipinski definition) is 6. The Morgan fingerprint density at radius 1 is 1.17 bits per heavy atom. The zero-order chi connectivity index (χ0) is 24.4. The van der Waals surface area contributed by atoms with Gasteiger partial charge in [-0.3, -0.25) is 14.7 Å². The van der Waals surface area contributed by atoms with E-state index in [1.807, 2.05) is 12.1 Å². The Morgan fingerprint density at radius 2 is 1.89 bits per heavy atom. The molecule has 35 heavy (non-hydrogen) atoms. The number of ether oxygens (including phenoxy) is 1.